The Kier molecular flexibility index (Phi) is 6.10. The van der Waals surface area contributed by atoms with E-state index in [9.17, 15) is 9.90 Å². The van der Waals surface area contributed by atoms with Gasteiger partial charge in [0.25, 0.3) is 0 Å². The molecule has 184 valence electrons. The van der Waals surface area contributed by atoms with E-state index in [1.54, 1.807) is 22.8 Å². The van der Waals surface area contributed by atoms with Crippen LogP contribution in [0, 0.1) is 5.92 Å². The number of carbonyl (C=O) groups excluding carboxylic acids is 1. The fourth-order valence-corrected chi connectivity index (χ4v) is 4.98. The van der Waals surface area contributed by atoms with E-state index in [1.165, 1.54) is 5.56 Å². The molecular weight excluding hydrogens is 530 g/mol. The second kappa shape index (κ2) is 9.71. The van der Waals surface area contributed by atoms with E-state index in [-0.39, 0.29) is 17.6 Å². The maximum atomic E-state index is 12.8. The van der Waals surface area contributed by atoms with E-state index in [1.807, 2.05) is 60.7 Å². The normalized spacial score (nSPS) is 16.5. The molecule has 1 aliphatic carbocycles. The van der Waals surface area contributed by atoms with E-state index in [0.717, 1.165) is 28.0 Å². The van der Waals surface area contributed by atoms with Gasteiger partial charge in [-0.05, 0) is 63.7 Å². The Morgan fingerprint density at radius 1 is 1.03 bits per heavy atom. The highest BCUT2D eigenvalue weighted by Crippen LogP contribution is 2.47. The lowest BCUT2D eigenvalue weighted by Gasteiger charge is -2.12. The quantitative estimate of drug-likeness (QED) is 0.222. The molecule has 0 bridgehead atoms. The summed E-state index contributed by atoms with van der Waals surface area (Å²) >= 11 is 3.51. The number of benzene rings is 3. The summed E-state index contributed by atoms with van der Waals surface area (Å²) in [6.07, 6.45) is 2.58. The van der Waals surface area contributed by atoms with Gasteiger partial charge in [-0.2, -0.15) is 9.61 Å². The minimum absolute atomic E-state index is 0.0142. The van der Waals surface area contributed by atoms with Crippen LogP contribution in [0.25, 0.3) is 16.9 Å². The second-order valence-electron chi connectivity index (χ2n) is 9.17. The van der Waals surface area contributed by atoms with Crippen molar-refractivity contribution in [3.8, 4) is 17.0 Å². The van der Waals surface area contributed by atoms with E-state index >= 15 is 0 Å². The maximum absolute atomic E-state index is 12.8. The minimum Gasteiger partial charge on any atom is -0.507 e. The monoisotopic (exact) mass is 553 g/mol. The van der Waals surface area contributed by atoms with Gasteiger partial charge in [-0.1, -0.05) is 54.6 Å². The Labute approximate surface area is 222 Å². The summed E-state index contributed by atoms with van der Waals surface area (Å²) in [5, 5.41) is 21.3. The molecule has 0 radical (unpaired) electrons. The number of hydrogen-bond acceptors (Lipinski definition) is 5. The first kappa shape index (κ1) is 23.2. The molecule has 5 aromatic rings. The number of halogens is 1. The Bertz CT molecular complexity index is 1600. The van der Waals surface area contributed by atoms with Crippen LogP contribution in [0.5, 0.6) is 5.75 Å². The molecule has 1 amide bonds. The smallest absolute Gasteiger partial charge is 0.228 e. The number of fused-ring (bicyclic) bond motifs is 1. The average Bonchev–Trinajstić information content (AvgIpc) is 3.65. The highest BCUT2D eigenvalue weighted by molar-refractivity contribution is 9.10. The summed E-state index contributed by atoms with van der Waals surface area (Å²) in [7, 11) is 0. The van der Waals surface area contributed by atoms with Crippen LogP contribution in [0.2, 0.25) is 0 Å². The molecule has 3 N–H and O–H groups in total. The number of nitrogens with one attached hydrogen (secondary N) is 2. The lowest BCUT2D eigenvalue weighted by atomic mass is 10.1. The molecule has 1 fully saturated rings. The van der Waals surface area contributed by atoms with Gasteiger partial charge in [0.15, 0.2) is 5.65 Å². The largest absolute Gasteiger partial charge is 0.507 e. The number of phenolic OH excluding ortho intramolecular Hbond substituents is 1. The number of aromatic nitrogens is 3. The highest BCUT2D eigenvalue weighted by Gasteiger charge is 2.43. The number of carbonyl (C=O) groups is 1. The molecule has 2 aromatic heterocycles. The molecule has 8 heteroatoms. The van der Waals surface area contributed by atoms with Crippen LogP contribution in [0.1, 0.15) is 23.5 Å². The van der Waals surface area contributed by atoms with Crippen LogP contribution < -0.4 is 10.6 Å². The number of phenols is 1. The van der Waals surface area contributed by atoms with Crippen LogP contribution in [0.3, 0.4) is 0 Å². The van der Waals surface area contributed by atoms with Gasteiger partial charge in [-0.3, -0.25) is 4.79 Å². The van der Waals surface area contributed by atoms with Crippen molar-refractivity contribution in [3.63, 3.8) is 0 Å². The second-order valence-corrected chi connectivity index (χ2v) is 10.0. The number of nitrogens with zero attached hydrogens (tertiary/aromatic N) is 3. The minimum atomic E-state index is 0.0142. The van der Waals surface area contributed by atoms with Crippen LogP contribution in [-0.2, 0) is 11.3 Å². The molecule has 1 aliphatic rings. The molecule has 2 heterocycles. The first-order valence-corrected chi connectivity index (χ1v) is 12.9. The third-order valence-corrected chi connectivity index (χ3v) is 7.19. The zero-order valence-electron chi connectivity index (χ0n) is 19.8. The Balaban J connectivity index is 1.18. The molecule has 1 saturated carbocycles. The number of aromatic hydroxyl groups is 1. The predicted molar refractivity (Wildman–Crippen MR) is 147 cm³/mol. The van der Waals surface area contributed by atoms with E-state index in [2.05, 4.69) is 48.8 Å². The zero-order valence-corrected chi connectivity index (χ0v) is 21.4. The van der Waals surface area contributed by atoms with Crippen molar-refractivity contribution in [1.82, 2.24) is 14.6 Å². The topological polar surface area (TPSA) is 91.5 Å². The molecule has 3 aromatic carbocycles. The van der Waals surface area contributed by atoms with Gasteiger partial charge in [0, 0.05) is 29.8 Å². The Morgan fingerprint density at radius 2 is 1.84 bits per heavy atom. The number of anilines is 2. The van der Waals surface area contributed by atoms with Crippen molar-refractivity contribution in [2.75, 3.05) is 10.6 Å². The van der Waals surface area contributed by atoms with Crippen molar-refractivity contribution in [1.29, 1.82) is 0 Å². The van der Waals surface area contributed by atoms with Gasteiger partial charge in [0.1, 0.15) is 11.6 Å². The fraction of sp³-hybridized carbons (Fsp3) is 0.138. The number of hydrogen-bond donors (Lipinski definition) is 3. The van der Waals surface area contributed by atoms with Crippen LogP contribution >= 0.6 is 15.9 Å². The summed E-state index contributed by atoms with van der Waals surface area (Å²) in [6.45, 7) is 0.510. The molecule has 1 unspecified atom stereocenters. The molecule has 37 heavy (non-hydrogen) atoms. The summed E-state index contributed by atoms with van der Waals surface area (Å²) in [4.78, 5) is 17.5. The van der Waals surface area contributed by atoms with Crippen LogP contribution in [0.4, 0.5) is 11.5 Å². The molecule has 0 aliphatic heterocycles. The lowest BCUT2D eigenvalue weighted by Crippen LogP contribution is -2.15. The van der Waals surface area contributed by atoms with Gasteiger partial charge in [-0.25, -0.2) is 4.98 Å². The molecular formula is C29H24BrN5O2. The first-order chi connectivity index (χ1) is 18.1. The van der Waals surface area contributed by atoms with Crippen molar-refractivity contribution >= 4 is 39.0 Å². The number of para-hydroxylation sites is 1. The maximum Gasteiger partial charge on any atom is 0.228 e. The van der Waals surface area contributed by atoms with E-state index in [4.69, 9.17) is 0 Å². The standard InChI is InChI=1S/C29H24BrN5O2/c30-24-17-32-35-27(15-25(34-28(24)35)21-11-4-5-12-26(21)36)31-16-18-7-6-10-20(13-18)33-29(37)23-14-22(23)19-8-2-1-3-9-19/h1-13,15,17,22-23,31,36H,14,16H2,(H,33,37)/t22-,23?/m0/s1. The van der Waals surface area contributed by atoms with Crippen LogP contribution in [0.15, 0.2) is 95.6 Å². The van der Waals surface area contributed by atoms with E-state index < -0.39 is 0 Å². The van der Waals surface area contributed by atoms with Gasteiger partial charge >= 0.3 is 0 Å². The number of rotatable bonds is 7. The van der Waals surface area contributed by atoms with Crippen molar-refractivity contribution in [2.24, 2.45) is 5.92 Å². The Morgan fingerprint density at radius 3 is 2.68 bits per heavy atom. The van der Waals surface area contributed by atoms with Crippen molar-refractivity contribution < 1.29 is 9.90 Å². The molecule has 0 spiro atoms. The summed E-state index contributed by atoms with van der Waals surface area (Å²) in [5.41, 5.74) is 4.92. The SMILES string of the molecule is O=C(Nc1cccc(CNc2cc(-c3ccccc3O)nc3c(Br)cnn23)c1)C1C[C@H]1c1ccccc1. The summed E-state index contributed by atoms with van der Waals surface area (Å²) in [5.74, 6) is 1.26. The number of amides is 1. The fourth-order valence-electron chi connectivity index (χ4n) is 4.63. The molecule has 6 rings (SSSR count). The van der Waals surface area contributed by atoms with Gasteiger partial charge in [0.05, 0.1) is 16.4 Å². The first-order valence-electron chi connectivity index (χ1n) is 12.1. The lowest BCUT2D eigenvalue weighted by molar-refractivity contribution is -0.117. The third-order valence-electron chi connectivity index (χ3n) is 6.63. The van der Waals surface area contributed by atoms with Gasteiger partial charge in [-0.15, -0.1) is 0 Å². The average molecular weight is 554 g/mol. The van der Waals surface area contributed by atoms with Crippen molar-refractivity contribution in [3.05, 3.63) is 107 Å². The van der Waals surface area contributed by atoms with Gasteiger partial charge < -0.3 is 15.7 Å². The third kappa shape index (κ3) is 4.80. The zero-order chi connectivity index (χ0) is 25.4. The van der Waals surface area contributed by atoms with Crippen molar-refractivity contribution in [2.45, 2.75) is 18.9 Å². The summed E-state index contributed by atoms with van der Waals surface area (Å²) < 4.78 is 2.47. The van der Waals surface area contributed by atoms with Gasteiger partial charge in [0.2, 0.25) is 5.91 Å². The molecule has 0 saturated heterocycles. The highest BCUT2D eigenvalue weighted by atomic mass is 79.9. The Hall–Kier alpha value is -4.17. The molecule has 2 atom stereocenters. The van der Waals surface area contributed by atoms with E-state index in [0.29, 0.717) is 29.4 Å². The molecule has 7 nitrogen and oxygen atoms in total. The summed E-state index contributed by atoms with van der Waals surface area (Å²) in [6, 6.07) is 27.0. The van der Waals surface area contributed by atoms with Crippen LogP contribution in [-0.4, -0.2) is 25.6 Å². The predicted octanol–water partition coefficient (Wildman–Crippen LogP) is 6.22.